The average Bonchev–Trinajstić information content (AvgIpc) is 1.99. The van der Waals surface area contributed by atoms with Gasteiger partial charge in [0.2, 0.25) is 0 Å². The monoisotopic (exact) mass is 144 g/mol. The lowest BCUT2D eigenvalue weighted by atomic mass is 10.2. The van der Waals surface area contributed by atoms with Crippen molar-refractivity contribution in [3.63, 3.8) is 0 Å². The maximum Gasteiger partial charge on any atom is 0.0973 e. The third kappa shape index (κ3) is 4.39. The summed E-state index contributed by atoms with van der Waals surface area (Å²) in [6.07, 6.45) is 5.51. The fourth-order valence-electron chi connectivity index (χ4n) is 0.691. The molecule has 0 aromatic rings. The summed E-state index contributed by atoms with van der Waals surface area (Å²) in [6.45, 7) is 4.22. The van der Waals surface area contributed by atoms with Crippen molar-refractivity contribution in [1.82, 2.24) is 0 Å². The predicted octanol–water partition coefficient (Wildman–Crippen LogP) is 1.70. The van der Waals surface area contributed by atoms with Gasteiger partial charge in [-0.15, -0.1) is 0 Å². The van der Waals surface area contributed by atoms with Crippen molar-refractivity contribution in [2.75, 3.05) is 6.61 Å². The summed E-state index contributed by atoms with van der Waals surface area (Å²) in [4.78, 5) is 0. The summed E-state index contributed by atoms with van der Waals surface area (Å²) in [6, 6.07) is 0. The topological polar surface area (TPSA) is 29.5 Å². The Labute approximate surface area is 62.5 Å². The summed E-state index contributed by atoms with van der Waals surface area (Å²) in [5.41, 5.74) is 0. The zero-order valence-electron chi connectivity index (χ0n) is 6.71. The van der Waals surface area contributed by atoms with Crippen molar-refractivity contribution >= 4 is 0 Å². The predicted molar refractivity (Wildman–Crippen MR) is 41.7 cm³/mol. The molecule has 0 spiro atoms. The molecule has 10 heavy (non-hydrogen) atoms. The molecule has 0 aliphatic carbocycles. The van der Waals surface area contributed by atoms with Gasteiger partial charge in [0.25, 0.3) is 0 Å². The second-order valence-corrected chi connectivity index (χ2v) is 2.13. The van der Waals surface area contributed by atoms with E-state index in [1.807, 2.05) is 0 Å². The number of ether oxygens (including phenoxy) is 1. The second kappa shape index (κ2) is 6.62. The minimum absolute atomic E-state index is 0.0557. The first-order valence-electron chi connectivity index (χ1n) is 3.76. The van der Waals surface area contributed by atoms with Gasteiger partial charge in [-0.2, -0.15) is 0 Å². The molecule has 0 aliphatic heterocycles. The average molecular weight is 144 g/mol. The molecule has 0 saturated carbocycles. The number of aliphatic hydroxyl groups excluding tert-OH is 1. The van der Waals surface area contributed by atoms with Crippen molar-refractivity contribution in [1.29, 1.82) is 0 Å². The van der Waals surface area contributed by atoms with E-state index in [1.54, 1.807) is 12.3 Å². The van der Waals surface area contributed by atoms with Gasteiger partial charge in [0, 0.05) is 0 Å². The minimum Gasteiger partial charge on any atom is -0.498 e. The summed E-state index contributed by atoms with van der Waals surface area (Å²) in [5.74, 6) is 0. The van der Waals surface area contributed by atoms with Crippen molar-refractivity contribution in [3.05, 3.63) is 12.3 Å². The van der Waals surface area contributed by atoms with Gasteiger partial charge in [0.1, 0.15) is 0 Å². The molecular weight excluding hydrogens is 128 g/mol. The van der Waals surface area contributed by atoms with Gasteiger partial charge in [-0.1, -0.05) is 13.8 Å². The lowest BCUT2D eigenvalue weighted by molar-refractivity contribution is 0.135. The molecule has 2 nitrogen and oxygen atoms in total. The van der Waals surface area contributed by atoms with Crippen LogP contribution in [0.1, 0.15) is 26.7 Å². The van der Waals surface area contributed by atoms with Crippen molar-refractivity contribution in [2.24, 2.45) is 0 Å². The highest BCUT2D eigenvalue weighted by Gasteiger charge is 1.98. The van der Waals surface area contributed by atoms with Gasteiger partial charge in [-0.25, -0.2) is 0 Å². The lowest BCUT2D eigenvalue weighted by Crippen LogP contribution is -2.05. The molecule has 0 heterocycles. The molecule has 2 heteroatoms. The molecule has 0 rings (SSSR count). The summed E-state index contributed by atoms with van der Waals surface area (Å²) < 4.78 is 5.24. The molecule has 0 aliphatic rings. The van der Waals surface area contributed by atoms with Crippen LogP contribution >= 0.6 is 0 Å². The SMILES string of the molecule is CCC(CC)O/C=C/CO. The van der Waals surface area contributed by atoms with Gasteiger partial charge < -0.3 is 9.84 Å². The van der Waals surface area contributed by atoms with E-state index in [9.17, 15) is 0 Å². The van der Waals surface area contributed by atoms with E-state index < -0.39 is 0 Å². The highest BCUT2D eigenvalue weighted by atomic mass is 16.5. The van der Waals surface area contributed by atoms with Crippen LogP contribution in [0.15, 0.2) is 12.3 Å². The third-order valence-corrected chi connectivity index (χ3v) is 1.38. The Kier molecular flexibility index (Phi) is 6.29. The molecule has 0 saturated heterocycles. The van der Waals surface area contributed by atoms with Crippen molar-refractivity contribution in [2.45, 2.75) is 32.8 Å². The van der Waals surface area contributed by atoms with E-state index in [0.717, 1.165) is 12.8 Å². The lowest BCUT2D eigenvalue weighted by Gasteiger charge is -2.10. The molecule has 0 unspecified atom stereocenters. The van der Waals surface area contributed by atoms with Crippen LogP contribution in [0.4, 0.5) is 0 Å². The number of hydrogen-bond acceptors (Lipinski definition) is 2. The zero-order chi connectivity index (χ0) is 7.82. The second-order valence-electron chi connectivity index (χ2n) is 2.13. The van der Waals surface area contributed by atoms with E-state index in [4.69, 9.17) is 9.84 Å². The van der Waals surface area contributed by atoms with E-state index in [-0.39, 0.29) is 6.61 Å². The van der Waals surface area contributed by atoms with Crippen molar-refractivity contribution in [3.8, 4) is 0 Å². The van der Waals surface area contributed by atoms with Crippen LogP contribution < -0.4 is 0 Å². The molecule has 0 aromatic carbocycles. The molecule has 0 radical (unpaired) electrons. The zero-order valence-corrected chi connectivity index (χ0v) is 6.71. The van der Waals surface area contributed by atoms with Gasteiger partial charge in [0.15, 0.2) is 0 Å². The maximum absolute atomic E-state index is 8.36. The third-order valence-electron chi connectivity index (χ3n) is 1.38. The fourth-order valence-corrected chi connectivity index (χ4v) is 0.691. The minimum atomic E-state index is 0.0557. The first kappa shape index (κ1) is 9.50. The Balaban J connectivity index is 3.34. The van der Waals surface area contributed by atoms with E-state index >= 15 is 0 Å². The number of aliphatic hydroxyl groups is 1. The quantitative estimate of drug-likeness (QED) is 0.595. The smallest absolute Gasteiger partial charge is 0.0973 e. The van der Waals surface area contributed by atoms with Crippen LogP contribution in [0, 0.1) is 0 Å². The van der Waals surface area contributed by atoms with Gasteiger partial charge >= 0.3 is 0 Å². The number of rotatable bonds is 5. The van der Waals surface area contributed by atoms with Crippen LogP contribution in [0.25, 0.3) is 0 Å². The van der Waals surface area contributed by atoms with Gasteiger partial charge in [0.05, 0.1) is 19.0 Å². The Morgan fingerprint density at radius 1 is 1.40 bits per heavy atom. The Morgan fingerprint density at radius 2 is 2.00 bits per heavy atom. The molecular formula is C8H16O2. The summed E-state index contributed by atoms with van der Waals surface area (Å²) in [5, 5.41) is 8.36. The van der Waals surface area contributed by atoms with Gasteiger partial charge in [-0.05, 0) is 18.9 Å². The highest BCUT2D eigenvalue weighted by Crippen LogP contribution is 2.02. The summed E-state index contributed by atoms with van der Waals surface area (Å²) >= 11 is 0. The van der Waals surface area contributed by atoms with E-state index in [1.165, 1.54) is 0 Å². The molecule has 0 atom stereocenters. The van der Waals surface area contributed by atoms with Crippen LogP contribution in [-0.4, -0.2) is 17.8 Å². The fraction of sp³-hybridized carbons (Fsp3) is 0.750. The molecule has 0 amide bonds. The first-order chi connectivity index (χ1) is 4.85. The Morgan fingerprint density at radius 3 is 2.40 bits per heavy atom. The maximum atomic E-state index is 8.36. The van der Waals surface area contributed by atoms with E-state index in [0.29, 0.717) is 6.10 Å². The van der Waals surface area contributed by atoms with Crippen LogP contribution in [-0.2, 0) is 4.74 Å². The molecule has 0 fully saturated rings. The summed E-state index contributed by atoms with van der Waals surface area (Å²) in [7, 11) is 0. The first-order valence-corrected chi connectivity index (χ1v) is 3.76. The Bertz CT molecular complexity index is 85.3. The molecule has 60 valence electrons. The van der Waals surface area contributed by atoms with Gasteiger partial charge in [-0.3, -0.25) is 0 Å². The largest absolute Gasteiger partial charge is 0.498 e. The highest BCUT2D eigenvalue weighted by molar-refractivity contribution is 4.72. The van der Waals surface area contributed by atoms with Crippen LogP contribution in [0.5, 0.6) is 0 Å². The normalized spacial score (nSPS) is 11.2. The van der Waals surface area contributed by atoms with E-state index in [2.05, 4.69) is 13.8 Å². The molecule has 0 bridgehead atoms. The molecule has 0 aromatic heterocycles. The van der Waals surface area contributed by atoms with Crippen LogP contribution in [0.2, 0.25) is 0 Å². The van der Waals surface area contributed by atoms with Crippen molar-refractivity contribution < 1.29 is 9.84 Å². The Hall–Kier alpha value is -0.500. The molecule has 1 N–H and O–H groups in total. The standard InChI is InChI=1S/C8H16O2/c1-3-8(4-2)10-7-5-6-9/h5,7-9H,3-4,6H2,1-2H3/b7-5+. The number of hydrogen-bond donors (Lipinski definition) is 1. The van der Waals surface area contributed by atoms with Crippen LogP contribution in [0.3, 0.4) is 0 Å².